The molecule has 3 atom stereocenters. The number of hydrogen-bond donors (Lipinski definition) is 1. The van der Waals surface area contributed by atoms with E-state index in [9.17, 15) is 4.79 Å². The molecule has 2 fully saturated rings. The maximum Gasteiger partial charge on any atom is 0.243 e. The molecule has 2 saturated heterocycles. The van der Waals surface area contributed by atoms with Crippen molar-refractivity contribution < 1.29 is 4.79 Å². The smallest absolute Gasteiger partial charge is 0.243 e. The molecule has 2 heterocycles. The Morgan fingerprint density at radius 1 is 1.58 bits per heavy atom. The molecule has 2 N–H and O–H groups in total. The van der Waals surface area contributed by atoms with Gasteiger partial charge in [0.25, 0.3) is 0 Å². The van der Waals surface area contributed by atoms with Crippen molar-refractivity contribution in [2.75, 3.05) is 0 Å². The number of β-lactam (4-membered cyclic amide) rings is 1. The first-order valence-electron chi connectivity index (χ1n) is 4.21. The number of nitrogens with two attached hydrogens (primary N) is 1. The monoisotopic (exact) mass is 186 g/mol. The summed E-state index contributed by atoms with van der Waals surface area (Å²) in [6.45, 7) is 6.43. The largest absolute Gasteiger partial charge is 0.323 e. The average molecular weight is 186 g/mol. The molecule has 4 heteroatoms. The summed E-state index contributed by atoms with van der Waals surface area (Å²) < 4.78 is 0.161. The molecule has 0 aromatic heterocycles. The predicted octanol–water partition coefficient (Wildman–Crippen LogP) is 0.396. The summed E-state index contributed by atoms with van der Waals surface area (Å²) in [5.41, 5.74) is 5.68. The van der Waals surface area contributed by atoms with Crippen LogP contribution >= 0.6 is 11.8 Å². The lowest BCUT2D eigenvalue weighted by atomic mass is 9.98. The number of carbonyl (C=O) groups is 1. The number of nitrogens with zero attached hydrogens (tertiary/aromatic N) is 1. The summed E-state index contributed by atoms with van der Waals surface area (Å²) in [6.07, 6.45) is 0. The first kappa shape index (κ1) is 8.38. The van der Waals surface area contributed by atoms with Gasteiger partial charge in [-0.2, -0.15) is 0 Å². The molecule has 2 aliphatic heterocycles. The van der Waals surface area contributed by atoms with E-state index in [4.69, 9.17) is 5.73 Å². The maximum atomic E-state index is 11.3. The highest BCUT2D eigenvalue weighted by Gasteiger charge is 2.58. The van der Waals surface area contributed by atoms with Crippen LogP contribution in [0.3, 0.4) is 0 Å². The van der Waals surface area contributed by atoms with E-state index in [1.807, 2.05) is 16.7 Å². The lowest BCUT2D eigenvalue weighted by Gasteiger charge is -2.42. The Balaban J connectivity index is 2.24. The highest BCUT2D eigenvalue weighted by molar-refractivity contribution is 8.01. The highest BCUT2D eigenvalue weighted by atomic mass is 32.2. The van der Waals surface area contributed by atoms with E-state index >= 15 is 0 Å². The molecule has 3 unspecified atom stereocenters. The SMILES string of the molecule is CC1N2C(=O)C(N)C2SC1(C)C. The fourth-order valence-electron chi connectivity index (χ4n) is 1.80. The van der Waals surface area contributed by atoms with Crippen molar-refractivity contribution >= 4 is 17.7 Å². The molecule has 12 heavy (non-hydrogen) atoms. The van der Waals surface area contributed by atoms with Gasteiger partial charge in [0, 0.05) is 10.8 Å². The molecule has 68 valence electrons. The molecule has 0 aliphatic carbocycles. The van der Waals surface area contributed by atoms with Gasteiger partial charge in [0.2, 0.25) is 5.91 Å². The van der Waals surface area contributed by atoms with Gasteiger partial charge in [-0.25, -0.2) is 0 Å². The first-order valence-corrected chi connectivity index (χ1v) is 5.08. The minimum atomic E-state index is -0.251. The molecule has 0 saturated carbocycles. The number of fused-ring (bicyclic) bond motifs is 1. The van der Waals surface area contributed by atoms with Gasteiger partial charge in [-0.05, 0) is 20.8 Å². The molecular formula is C8H14N2OS. The Morgan fingerprint density at radius 3 is 2.67 bits per heavy atom. The van der Waals surface area contributed by atoms with E-state index in [2.05, 4.69) is 20.8 Å². The Hall–Kier alpha value is -0.220. The second-order valence-electron chi connectivity index (χ2n) is 4.06. The Kier molecular flexibility index (Phi) is 1.52. The third kappa shape index (κ3) is 0.796. The average Bonchev–Trinajstić information content (AvgIpc) is 2.21. The second-order valence-corrected chi connectivity index (χ2v) is 5.83. The number of amides is 1. The van der Waals surface area contributed by atoms with Crippen molar-refractivity contribution in [1.29, 1.82) is 0 Å². The topological polar surface area (TPSA) is 46.3 Å². The highest BCUT2D eigenvalue weighted by Crippen LogP contribution is 2.49. The van der Waals surface area contributed by atoms with Gasteiger partial charge in [-0.15, -0.1) is 11.8 Å². The maximum absolute atomic E-state index is 11.3. The van der Waals surface area contributed by atoms with Gasteiger partial charge in [0.15, 0.2) is 0 Å². The molecule has 1 amide bonds. The van der Waals surface area contributed by atoms with Crippen LogP contribution in [0.1, 0.15) is 20.8 Å². The zero-order valence-electron chi connectivity index (χ0n) is 7.57. The first-order chi connectivity index (χ1) is 5.45. The summed E-state index contributed by atoms with van der Waals surface area (Å²) in [5, 5.41) is 0.238. The molecule has 0 spiro atoms. The van der Waals surface area contributed by atoms with Crippen LogP contribution in [0, 0.1) is 0 Å². The molecule has 2 aliphatic rings. The molecule has 2 rings (SSSR count). The number of rotatable bonds is 0. The van der Waals surface area contributed by atoms with E-state index in [0.29, 0.717) is 6.04 Å². The van der Waals surface area contributed by atoms with Crippen LogP contribution in [-0.4, -0.2) is 33.0 Å². The number of thioether (sulfide) groups is 1. The van der Waals surface area contributed by atoms with E-state index in [1.165, 1.54) is 0 Å². The third-order valence-corrected chi connectivity index (χ3v) is 4.68. The zero-order valence-corrected chi connectivity index (χ0v) is 8.39. The van der Waals surface area contributed by atoms with Gasteiger partial charge < -0.3 is 10.6 Å². The number of hydrogen-bond acceptors (Lipinski definition) is 3. The van der Waals surface area contributed by atoms with Gasteiger partial charge >= 0.3 is 0 Å². The third-order valence-electron chi connectivity index (χ3n) is 2.97. The van der Waals surface area contributed by atoms with E-state index in [0.717, 1.165) is 0 Å². The van der Waals surface area contributed by atoms with Crippen molar-refractivity contribution in [3.63, 3.8) is 0 Å². The minimum Gasteiger partial charge on any atom is -0.323 e. The van der Waals surface area contributed by atoms with Gasteiger partial charge in [0.1, 0.15) is 11.4 Å². The summed E-state index contributed by atoms with van der Waals surface area (Å²) in [5.74, 6) is 0.116. The fraction of sp³-hybridized carbons (Fsp3) is 0.875. The van der Waals surface area contributed by atoms with Gasteiger partial charge in [-0.3, -0.25) is 4.79 Å². The van der Waals surface area contributed by atoms with Crippen molar-refractivity contribution in [1.82, 2.24) is 4.90 Å². The predicted molar refractivity (Wildman–Crippen MR) is 49.7 cm³/mol. The van der Waals surface area contributed by atoms with Crippen LogP contribution < -0.4 is 5.73 Å². The van der Waals surface area contributed by atoms with Crippen molar-refractivity contribution in [2.45, 2.75) is 43.0 Å². The Morgan fingerprint density at radius 2 is 2.17 bits per heavy atom. The van der Waals surface area contributed by atoms with Crippen LogP contribution in [-0.2, 0) is 4.79 Å². The second kappa shape index (κ2) is 2.17. The van der Waals surface area contributed by atoms with Crippen molar-refractivity contribution in [3.8, 4) is 0 Å². The van der Waals surface area contributed by atoms with Gasteiger partial charge in [0.05, 0.1) is 0 Å². The Labute approximate surface area is 76.7 Å². The van der Waals surface area contributed by atoms with E-state index in [-0.39, 0.29) is 22.1 Å². The lowest BCUT2D eigenvalue weighted by molar-refractivity contribution is -0.146. The van der Waals surface area contributed by atoms with Crippen LogP contribution in [0.25, 0.3) is 0 Å². The molecular weight excluding hydrogens is 172 g/mol. The molecule has 0 bridgehead atoms. The van der Waals surface area contributed by atoms with Gasteiger partial charge in [-0.1, -0.05) is 0 Å². The van der Waals surface area contributed by atoms with E-state index in [1.54, 1.807) is 0 Å². The van der Waals surface area contributed by atoms with Crippen LogP contribution in [0.5, 0.6) is 0 Å². The minimum absolute atomic E-state index is 0.116. The summed E-state index contributed by atoms with van der Waals surface area (Å²) in [4.78, 5) is 13.2. The van der Waals surface area contributed by atoms with Crippen LogP contribution in [0.15, 0.2) is 0 Å². The molecule has 0 aromatic carbocycles. The van der Waals surface area contributed by atoms with Crippen LogP contribution in [0.2, 0.25) is 0 Å². The molecule has 3 nitrogen and oxygen atoms in total. The standard InChI is InChI=1S/C8H14N2OS/c1-4-8(2,3)12-7-5(9)6(11)10(4)7/h4-5,7H,9H2,1-3H3. The fourth-order valence-corrected chi connectivity index (χ4v) is 3.39. The van der Waals surface area contributed by atoms with Crippen molar-refractivity contribution in [3.05, 3.63) is 0 Å². The summed E-state index contributed by atoms with van der Waals surface area (Å²) in [7, 11) is 0. The van der Waals surface area contributed by atoms with E-state index < -0.39 is 0 Å². The summed E-state index contributed by atoms with van der Waals surface area (Å²) >= 11 is 1.82. The zero-order chi connectivity index (χ0) is 9.09. The molecule has 0 aromatic rings. The normalized spacial score (nSPS) is 44.2. The Bertz CT molecular complexity index is 241. The van der Waals surface area contributed by atoms with Crippen LogP contribution in [0.4, 0.5) is 0 Å². The number of carbonyl (C=O) groups excluding carboxylic acids is 1. The quantitative estimate of drug-likeness (QED) is 0.557. The lowest BCUT2D eigenvalue weighted by Crippen LogP contribution is -2.66. The summed E-state index contributed by atoms with van der Waals surface area (Å²) in [6, 6.07) is 0.0685. The molecule has 0 radical (unpaired) electrons. The van der Waals surface area contributed by atoms with Crippen molar-refractivity contribution in [2.24, 2.45) is 5.73 Å².